The molecule has 3 aliphatic heterocycles. The summed E-state index contributed by atoms with van der Waals surface area (Å²) in [5.74, 6) is 0.688. The number of aryl methyl sites for hydroxylation is 1. The zero-order valence-electron chi connectivity index (χ0n) is 23.4. The molecule has 2 atom stereocenters. The fourth-order valence-corrected chi connectivity index (χ4v) is 5.91. The molecule has 8 nitrogen and oxygen atoms in total. The van der Waals surface area contributed by atoms with Crippen LogP contribution in [-0.4, -0.2) is 82.5 Å². The molecule has 0 N–H and O–H groups in total. The predicted molar refractivity (Wildman–Crippen MR) is 146 cm³/mol. The highest BCUT2D eigenvalue weighted by atomic mass is 19.4. The van der Waals surface area contributed by atoms with Gasteiger partial charge in [0.05, 0.1) is 11.3 Å². The molecule has 2 saturated heterocycles. The molecule has 3 aliphatic rings. The topological polar surface area (TPSA) is 65.0 Å². The molecule has 11 heteroatoms. The average Bonchev–Trinajstić information content (AvgIpc) is 3.52. The Kier molecular flexibility index (Phi) is 8.05. The van der Waals surface area contributed by atoms with E-state index in [4.69, 9.17) is 14.7 Å². The van der Waals surface area contributed by atoms with Gasteiger partial charge < -0.3 is 19.4 Å². The van der Waals surface area contributed by atoms with Crippen LogP contribution in [-0.2, 0) is 30.6 Å². The lowest BCUT2D eigenvalue weighted by Crippen LogP contribution is -2.54. The van der Waals surface area contributed by atoms with Crippen LogP contribution in [0.1, 0.15) is 47.7 Å². The van der Waals surface area contributed by atoms with Crippen LogP contribution in [0.3, 0.4) is 0 Å². The number of hydrogen-bond donors (Lipinski definition) is 0. The molecule has 1 aromatic carbocycles. The number of halogens is 3. The van der Waals surface area contributed by atoms with Crippen LogP contribution in [0.2, 0.25) is 0 Å². The minimum Gasteiger partial charge on any atom is -0.462 e. The number of benzene rings is 1. The minimum atomic E-state index is -4.39. The molecule has 5 rings (SSSR count). The van der Waals surface area contributed by atoms with E-state index >= 15 is 0 Å². The van der Waals surface area contributed by atoms with Crippen molar-refractivity contribution in [1.29, 1.82) is 0 Å². The van der Waals surface area contributed by atoms with Crippen molar-refractivity contribution in [2.45, 2.75) is 64.6 Å². The summed E-state index contributed by atoms with van der Waals surface area (Å²) < 4.78 is 46.3. The number of hydrogen-bond acceptors (Lipinski definition) is 7. The van der Waals surface area contributed by atoms with E-state index in [1.807, 2.05) is 6.92 Å². The molecular weight excluding hydrogens is 521 g/mol. The van der Waals surface area contributed by atoms with Crippen LogP contribution < -0.4 is 9.64 Å². The highest BCUT2D eigenvalue weighted by Crippen LogP contribution is 2.35. The van der Waals surface area contributed by atoms with Crippen LogP contribution in [0.5, 0.6) is 6.01 Å². The van der Waals surface area contributed by atoms with E-state index in [0.29, 0.717) is 63.5 Å². The number of alkyl halides is 3. The number of likely N-dealkylation sites (tertiary alicyclic amines) is 1. The van der Waals surface area contributed by atoms with Gasteiger partial charge in [-0.3, -0.25) is 9.69 Å². The highest BCUT2D eigenvalue weighted by Gasteiger charge is 2.35. The number of carbonyl (C=O) groups is 1. The molecule has 0 radical (unpaired) electrons. The van der Waals surface area contributed by atoms with E-state index < -0.39 is 11.7 Å². The number of rotatable bonds is 7. The maximum absolute atomic E-state index is 13.4. The number of piperazine rings is 1. The van der Waals surface area contributed by atoms with Crippen molar-refractivity contribution < 1.29 is 22.7 Å². The minimum absolute atomic E-state index is 0.00484. The van der Waals surface area contributed by atoms with Crippen molar-refractivity contribution in [1.82, 2.24) is 24.7 Å². The molecular formula is C29H37F3N6O2. The molecule has 40 heavy (non-hydrogen) atoms. The van der Waals surface area contributed by atoms with Gasteiger partial charge in [0.25, 0.3) is 0 Å². The first kappa shape index (κ1) is 28.4. The fraction of sp³-hybridized carbons (Fsp3) is 0.552. The lowest BCUT2D eigenvalue weighted by atomic mass is 10.0. The van der Waals surface area contributed by atoms with Crippen molar-refractivity contribution in [3.05, 3.63) is 58.8 Å². The predicted octanol–water partition coefficient (Wildman–Crippen LogP) is 4.02. The van der Waals surface area contributed by atoms with E-state index in [-0.39, 0.29) is 11.9 Å². The number of aromatic nitrogens is 2. The Morgan fingerprint density at radius 2 is 2.00 bits per heavy atom. The molecule has 0 bridgehead atoms. The van der Waals surface area contributed by atoms with Gasteiger partial charge in [0.1, 0.15) is 12.4 Å². The van der Waals surface area contributed by atoms with Crippen LogP contribution in [0.25, 0.3) is 0 Å². The molecule has 2 fully saturated rings. The zero-order chi connectivity index (χ0) is 28.6. The summed E-state index contributed by atoms with van der Waals surface area (Å²) in [4.78, 5) is 30.2. The second-order valence-electron chi connectivity index (χ2n) is 11.2. The van der Waals surface area contributed by atoms with E-state index in [0.717, 1.165) is 48.1 Å². The third kappa shape index (κ3) is 5.95. The summed E-state index contributed by atoms with van der Waals surface area (Å²) in [6, 6.07) is 4.55. The van der Waals surface area contributed by atoms with Gasteiger partial charge in [-0.05, 0) is 69.6 Å². The Balaban J connectivity index is 1.40. The number of anilines is 1. The van der Waals surface area contributed by atoms with Gasteiger partial charge in [0, 0.05) is 56.9 Å². The summed E-state index contributed by atoms with van der Waals surface area (Å²) in [6.45, 7) is 12.1. The third-order valence-electron chi connectivity index (χ3n) is 8.34. The first-order valence-corrected chi connectivity index (χ1v) is 13.8. The van der Waals surface area contributed by atoms with E-state index in [9.17, 15) is 18.0 Å². The van der Waals surface area contributed by atoms with Crippen molar-refractivity contribution >= 4 is 11.7 Å². The maximum atomic E-state index is 13.4. The van der Waals surface area contributed by atoms with Gasteiger partial charge in [-0.25, -0.2) is 0 Å². The Hall–Kier alpha value is -3.18. The highest BCUT2D eigenvalue weighted by molar-refractivity contribution is 5.87. The molecule has 0 spiro atoms. The summed E-state index contributed by atoms with van der Waals surface area (Å²) in [5, 5.41) is 0. The van der Waals surface area contributed by atoms with Gasteiger partial charge in [-0.1, -0.05) is 12.6 Å². The number of carbonyl (C=O) groups excluding carboxylic acids is 1. The second-order valence-corrected chi connectivity index (χ2v) is 11.2. The molecule has 4 heterocycles. The lowest BCUT2D eigenvalue weighted by Gasteiger charge is -2.40. The monoisotopic (exact) mass is 558 g/mol. The smallest absolute Gasteiger partial charge is 0.416 e. The van der Waals surface area contributed by atoms with E-state index in [1.54, 1.807) is 4.90 Å². The molecule has 1 amide bonds. The Morgan fingerprint density at radius 1 is 1.20 bits per heavy atom. The van der Waals surface area contributed by atoms with Gasteiger partial charge in [-0.2, -0.15) is 23.1 Å². The van der Waals surface area contributed by atoms with Crippen LogP contribution >= 0.6 is 0 Å². The quantitative estimate of drug-likeness (QED) is 0.476. The number of ether oxygens (including phenoxy) is 1. The summed E-state index contributed by atoms with van der Waals surface area (Å²) in [7, 11) is 2.09. The van der Waals surface area contributed by atoms with Crippen molar-refractivity contribution in [2.24, 2.45) is 0 Å². The Bertz CT molecular complexity index is 1270. The van der Waals surface area contributed by atoms with Crippen LogP contribution in [0, 0.1) is 6.92 Å². The fourth-order valence-electron chi connectivity index (χ4n) is 5.91. The maximum Gasteiger partial charge on any atom is 0.416 e. The van der Waals surface area contributed by atoms with E-state index in [2.05, 4.69) is 35.3 Å². The normalized spacial score (nSPS) is 22.1. The number of amides is 1. The lowest BCUT2D eigenvalue weighted by molar-refractivity contribution is -0.137. The second kappa shape index (κ2) is 11.4. The number of nitrogens with zero attached hydrogens (tertiary/aromatic N) is 6. The van der Waals surface area contributed by atoms with Crippen LogP contribution in [0.15, 0.2) is 30.9 Å². The first-order chi connectivity index (χ1) is 19.0. The third-order valence-corrected chi connectivity index (χ3v) is 8.34. The van der Waals surface area contributed by atoms with E-state index in [1.165, 1.54) is 18.2 Å². The first-order valence-electron chi connectivity index (χ1n) is 13.8. The van der Waals surface area contributed by atoms with Gasteiger partial charge in [0.15, 0.2) is 0 Å². The Morgan fingerprint density at radius 3 is 2.67 bits per heavy atom. The Labute approximate surface area is 233 Å². The molecule has 1 aromatic heterocycles. The summed E-state index contributed by atoms with van der Waals surface area (Å²) in [5.41, 5.74) is 2.62. The van der Waals surface area contributed by atoms with Gasteiger partial charge >= 0.3 is 12.2 Å². The summed E-state index contributed by atoms with van der Waals surface area (Å²) >= 11 is 0. The van der Waals surface area contributed by atoms with Crippen molar-refractivity contribution in [3.63, 3.8) is 0 Å². The van der Waals surface area contributed by atoms with Crippen molar-refractivity contribution in [3.8, 4) is 6.01 Å². The molecule has 2 aromatic rings. The molecule has 0 saturated carbocycles. The summed E-state index contributed by atoms with van der Waals surface area (Å²) in [6.07, 6.45) is -0.852. The molecule has 216 valence electrons. The zero-order valence-corrected chi connectivity index (χ0v) is 23.4. The van der Waals surface area contributed by atoms with Crippen molar-refractivity contribution in [2.75, 3.05) is 44.7 Å². The SMILES string of the molecule is C=CC(=O)N1CCN(c2nc(OC[C@@H]3CCCN3C)nc3c2CN(Cc2cc(C(F)(F)F)ccc2C)C3)[C@@H](C)C1. The number of fused-ring (bicyclic) bond motifs is 1. The average molecular weight is 559 g/mol. The number of likely N-dealkylation sites (N-methyl/N-ethyl adjacent to an activating group) is 1. The molecule has 0 aliphatic carbocycles. The largest absolute Gasteiger partial charge is 0.462 e. The van der Waals surface area contributed by atoms with Crippen LogP contribution in [0.4, 0.5) is 19.0 Å². The molecule has 0 unspecified atom stereocenters. The van der Waals surface area contributed by atoms with Gasteiger partial charge in [0.2, 0.25) is 5.91 Å². The standard InChI is InChI=1S/C29H37F3N6O2/c1-5-26(39)37-11-12-38(20(3)14-37)27-24-16-36(15-21-13-22(29(30,31)32)9-8-19(21)2)17-25(24)33-28(34-27)40-18-23-7-6-10-35(23)4/h5,8-9,13,20,23H,1,6-7,10-12,14-18H2,2-4H3/t20-,23-/m0/s1. The van der Waals surface area contributed by atoms with Gasteiger partial charge in [-0.15, -0.1) is 0 Å².